The highest BCUT2D eigenvalue weighted by Gasteiger charge is 2.27. The molecule has 1 aliphatic rings. The number of hydrogen-bond acceptors (Lipinski definition) is 3. The van der Waals surface area contributed by atoms with E-state index in [1.54, 1.807) is 7.11 Å². The molecule has 3 rings (SSSR count). The van der Waals surface area contributed by atoms with Crippen LogP contribution in [0.25, 0.3) is 11.1 Å². The molecule has 0 radical (unpaired) electrons. The lowest BCUT2D eigenvalue weighted by Crippen LogP contribution is -2.43. The quantitative estimate of drug-likeness (QED) is 0.644. The molecule has 0 aliphatic carbocycles. The SMILES string of the molecule is COCCC[C@H]1CCCCN1C(=O)c1ccc(-c2cccc(N(C)C)c2)cc1. The van der Waals surface area contributed by atoms with Crippen molar-refractivity contribution in [2.75, 3.05) is 39.3 Å². The van der Waals surface area contributed by atoms with Crippen LogP contribution in [0.2, 0.25) is 0 Å². The summed E-state index contributed by atoms with van der Waals surface area (Å²) in [5, 5.41) is 0. The maximum Gasteiger partial charge on any atom is 0.254 e. The van der Waals surface area contributed by atoms with Crippen molar-refractivity contribution in [3.05, 3.63) is 54.1 Å². The first-order valence-corrected chi connectivity index (χ1v) is 10.3. The molecule has 0 spiro atoms. The van der Waals surface area contributed by atoms with Gasteiger partial charge in [0, 0.05) is 51.6 Å². The number of nitrogens with zero attached hydrogens (tertiary/aromatic N) is 2. The molecule has 0 aromatic heterocycles. The van der Waals surface area contributed by atoms with Gasteiger partial charge in [0.15, 0.2) is 0 Å². The number of likely N-dealkylation sites (tertiary alicyclic amines) is 1. The fraction of sp³-hybridized carbons (Fsp3) is 0.458. The van der Waals surface area contributed by atoms with E-state index in [0.29, 0.717) is 6.04 Å². The zero-order valence-electron chi connectivity index (χ0n) is 17.4. The molecule has 1 amide bonds. The summed E-state index contributed by atoms with van der Waals surface area (Å²) in [6.45, 7) is 1.63. The minimum absolute atomic E-state index is 0.163. The number of piperidine rings is 1. The lowest BCUT2D eigenvalue weighted by atomic mass is 9.96. The van der Waals surface area contributed by atoms with Gasteiger partial charge in [-0.1, -0.05) is 24.3 Å². The Hall–Kier alpha value is -2.33. The van der Waals surface area contributed by atoms with E-state index in [-0.39, 0.29) is 5.91 Å². The van der Waals surface area contributed by atoms with Crippen LogP contribution in [0.15, 0.2) is 48.5 Å². The number of hydrogen-bond donors (Lipinski definition) is 0. The van der Waals surface area contributed by atoms with Crippen molar-refractivity contribution in [2.45, 2.75) is 38.1 Å². The molecule has 0 N–H and O–H groups in total. The smallest absolute Gasteiger partial charge is 0.254 e. The predicted octanol–water partition coefficient (Wildman–Crippen LogP) is 4.84. The average molecular weight is 381 g/mol. The van der Waals surface area contributed by atoms with Crippen molar-refractivity contribution in [1.82, 2.24) is 4.90 Å². The third-order valence-corrected chi connectivity index (χ3v) is 5.60. The normalized spacial score (nSPS) is 16.8. The van der Waals surface area contributed by atoms with Crippen molar-refractivity contribution < 1.29 is 9.53 Å². The fourth-order valence-corrected chi connectivity index (χ4v) is 3.97. The van der Waals surface area contributed by atoms with Crippen LogP contribution in [0.1, 0.15) is 42.5 Å². The molecule has 4 heteroatoms. The lowest BCUT2D eigenvalue weighted by Gasteiger charge is -2.36. The molecule has 2 aromatic carbocycles. The van der Waals surface area contributed by atoms with Gasteiger partial charge in [0.1, 0.15) is 0 Å². The molecular formula is C24H32N2O2. The third-order valence-electron chi connectivity index (χ3n) is 5.60. The standard InChI is InChI=1S/C24H32N2O2/c1-25(2)23-10-6-8-21(18-23)19-12-14-20(15-13-19)24(27)26-16-5-4-9-22(26)11-7-17-28-3/h6,8,10,12-15,18,22H,4-5,7,9,11,16-17H2,1-3H3/t22-/m1/s1. The summed E-state index contributed by atoms with van der Waals surface area (Å²) >= 11 is 0. The average Bonchev–Trinajstić information content (AvgIpc) is 2.74. The zero-order chi connectivity index (χ0) is 19.9. The van der Waals surface area contributed by atoms with E-state index in [2.05, 4.69) is 46.2 Å². The summed E-state index contributed by atoms with van der Waals surface area (Å²) in [6.07, 6.45) is 5.44. The summed E-state index contributed by atoms with van der Waals surface area (Å²) in [5.41, 5.74) is 4.26. The Bertz CT molecular complexity index is 770. The predicted molar refractivity (Wildman–Crippen MR) is 116 cm³/mol. The van der Waals surface area contributed by atoms with Crippen molar-refractivity contribution in [3.8, 4) is 11.1 Å². The van der Waals surface area contributed by atoms with E-state index >= 15 is 0 Å². The molecule has 4 nitrogen and oxygen atoms in total. The van der Waals surface area contributed by atoms with E-state index in [4.69, 9.17) is 4.74 Å². The van der Waals surface area contributed by atoms with Crippen LogP contribution in [0.5, 0.6) is 0 Å². The summed E-state index contributed by atoms with van der Waals surface area (Å²) in [4.78, 5) is 17.3. The summed E-state index contributed by atoms with van der Waals surface area (Å²) in [7, 11) is 5.82. The Morgan fingerprint density at radius 2 is 1.89 bits per heavy atom. The molecule has 0 bridgehead atoms. The van der Waals surface area contributed by atoms with E-state index in [1.807, 2.05) is 26.2 Å². The first-order chi connectivity index (χ1) is 13.6. The largest absolute Gasteiger partial charge is 0.385 e. The molecule has 2 aromatic rings. The lowest BCUT2D eigenvalue weighted by molar-refractivity contribution is 0.0585. The van der Waals surface area contributed by atoms with Gasteiger partial charge >= 0.3 is 0 Å². The van der Waals surface area contributed by atoms with Crippen LogP contribution in [-0.4, -0.2) is 51.2 Å². The Morgan fingerprint density at radius 3 is 2.61 bits per heavy atom. The zero-order valence-corrected chi connectivity index (χ0v) is 17.4. The van der Waals surface area contributed by atoms with Gasteiger partial charge in [0.25, 0.3) is 5.91 Å². The van der Waals surface area contributed by atoms with Crippen LogP contribution >= 0.6 is 0 Å². The van der Waals surface area contributed by atoms with E-state index < -0.39 is 0 Å². The number of methoxy groups -OCH3 is 1. The highest BCUT2D eigenvalue weighted by molar-refractivity contribution is 5.95. The van der Waals surface area contributed by atoms with Crippen LogP contribution in [0.4, 0.5) is 5.69 Å². The Labute approximate surface area is 169 Å². The van der Waals surface area contributed by atoms with Crippen molar-refractivity contribution in [1.29, 1.82) is 0 Å². The Balaban J connectivity index is 1.73. The molecule has 1 aliphatic heterocycles. The van der Waals surface area contributed by atoms with Gasteiger partial charge in [-0.25, -0.2) is 0 Å². The number of anilines is 1. The van der Waals surface area contributed by atoms with E-state index in [9.17, 15) is 4.79 Å². The second kappa shape index (κ2) is 9.74. The van der Waals surface area contributed by atoms with Crippen molar-refractivity contribution in [2.24, 2.45) is 0 Å². The fourth-order valence-electron chi connectivity index (χ4n) is 3.97. The van der Waals surface area contributed by atoms with E-state index in [1.165, 1.54) is 17.7 Å². The Kier molecular flexibility index (Phi) is 7.10. The summed E-state index contributed by atoms with van der Waals surface area (Å²) in [6, 6.07) is 16.9. The second-order valence-electron chi connectivity index (χ2n) is 7.81. The minimum atomic E-state index is 0.163. The highest BCUT2D eigenvalue weighted by atomic mass is 16.5. The number of carbonyl (C=O) groups is 1. The molecule has 1 fully saturated rings. The van der Waals surface area contributed by atoms with Crippen molar-refractivity contribution in [3.63, 3.8) is 0 Å². The molecule has 28 heavy (non-hydrogen) atoms. The van der Waals surface area contributed by atoms with Gasteiger partial charge in [-0.05, 0) is 67.5 Å². The van der Waals surface area contributed by atoms with Crippen molar-refractivity contribution >= 4 is 11.6 Å². The molecular weight excluding hydrogens is 348 g/mol. The second-order valence-corrected chi connectivity index (χ2v) is 7.81. The number of benzene rings is 2. The molecule has 1 atom stereocenters. The third kappa shape index (κ3) is 4.93. The number of amides is 1. The number of ether oxygens (including phenoxy) is 1. The summed E-state index contributed by atoms with van der Waals surface area (Å²) < 4.78 is 5.19. The summed E-state index contributed by atoms with van der Waals surface area (Å²) in [5.74, 6) is 0.163. The van der Waals surface area contributed by atoms with Crippen LogP contribution < -0.4 is 4.90 Å². The monoisotopic (exact) mass is 380 g/mol. The van der Waals surface area contributed by atoms with Gasteiger partial charge in [-0.15, -0.1) is 0 Å². The first-order valence-electron chi connectivity index (χ1n) is 10.3. The van der Waals surface area contributed by atoms with Gasteiger partial charge in [0.2, 0.25) is 0 Å². The highest BCUT2D eigenvalue weighted by Crippen LogP contribution is 2.26. The molecule has 150 valence electrons. The van der Waals surface area contributed by atoms with Crippen LogP contribution in [0.3, 0.4) is 0 Å². The van der Waals surface area contributed by atoms with Gasteiger partial charge in [-0.3, -0.25) is 4.79 Å². The maximum absolute atomic E-state index is 13.1. The first kappa shape index (κ1) is 20.4. The molecule has 1 heterocycles. The topological polar surface area (TPSA) is 32.8 Å². The van der Waals surface area contributed by atoms with Crippen LogP contribution in [0, 0.1) is 0 Å². The van der Waals surface area contributed by atoms with E-state index in [0.717, 1.165) is 50.0 Å². The Morgan fingerprint density at radius 1 is 1.11 bits per heavy atom. The molecule has 0 unspecified atom stereocenters. The molecule has 1 saturated heterocycles. The molecule has 0 saturated carbocycles. The maximum atomic E-state index is 13.1. The minimum Gasteiger partial charge on any atom is -0.385 e. The number of rotatable bonds is 7. The van der Waals surface area contributed by atoms with Gasteiger partial charge < -0.3 is 14.5 Å². The van der Waals surface area contributed by atoms with Gasteiger partial charge in [0.05, 0.1) is 0 Å². The van der Waals surface area contributed by atoms with Gasteiger partial charge in [-0.2, -0.15) is 0 Å². The number of carbonyl (C=O) groups excluding carboxylic acids is 1. The van der Waals surface area contributed by atoms with Crippen LogP contribution in [-0.2, 0) is 4.74 Å².